The van der Waals surface area contributed by atoms with E-state index in [1.807, 2.05) is 6.08 Å². The van der Waals surface area contributed by atoms with Crippen molar-refractivity contribution in [2.24, 2.45) is 0 Å². The molecule has 0 aliphatic heterocycles. The fourth-order valence-electron chi connectivity index (χ4n) is 0.759. The van der Waals surface area contributed by atoms with Crippen LogP contribution in [0.15, 0.2) is 12.7 Å². The molecule has 0 spiro atoms. The van der Waals surface area contributed by atoms with Gasteiger partial charge in [-0.1, -0.05) is 31.8 Å². The van der Waals surface area contributed by atoms with Crippen molar-refractivity contribution in [3.05, 3.63) is 12.7 Å². The lowest BCUT2D eigenvalue weighted by molar-refractivity contribution is 0.342. The first-order valence-electron chi connectivity index (χ1n) is 4.14. The van der Waals surface area contributed by atoms with Crippen LogP contribution in [0.4, 0.5) is 0 Å². The summed E-state index contributed by atoms with van der Waals surface area (Å²) in [4.78, 5) is 2.29. The van der Waals surface area contributed by atoms with E-state index in [9.17, 15) is 0 Å². The van der Waals surface area contributed by atoms with Crippen molar-refractivity contribution in [1.82, 2.24) is 4.90 Å². The van der Waals surface area contributed by atoms with Crippen molar-refractivity contribution < 1.29 is 0 Å². The highest BCUT2D eigenvalue weighted by Gasteiger charge is 1.92. The fraction of sp³-hybridized carbons (Fsp3) is 0.600. The van der Waals surface area contributed by atoms with Crippen LogP contribution in [-0.2, 0) is 0 Å². The van der Waals surface area contributed by atoms with Crippen molar-refractivity contribution in [3.63, 3.8) is 0 Å². The molecule has 0 fully saturated rings. The van der Waals surface area contributed by atoms with Crippen molar-refractivity contribution >= 4 is 0 Å². The average Bonchev–Trinajstić information content (AvgIpc) is 2.05. The molecule has 0 saturated carbocycles. The zero-order valence-corrected chi connectivity index (χ0v) is 7.56. The Morgan fingerprint density at radius 3 is 2.36 bits per heavy atom. The first-order chi connectivity index (χ1) is 5.35. The van der Waals surface area contributed by atoms with Gasteiger partial charge in [-0.25, -0.2) is 0 Å². The minimum absolute atomic E-state index is 0.807. The molecule has 0 aromatic carbocycles. The van der Waals surface area contributed by atoms with Crippen LogP contribution < -0.4 is 0 Å². The first kappa shape index (κ1) is 10.3. The van der Waals surface area contributed by atoms with Gasteiger partial charge in [-0.3, -0.25) is 4.90 Å². The Balaban J connectivity index is 3.50. The minimum atomic E-state index is 0.807. The van der Waals surface area contributed by atoms with E-state index in [0.717, 1.165) is 26.1 Å². The molecule has 0 aromatic heterocycles. The zero-order valence-electron chi connectivity index (χ0n) is 7.56. The molecule has 0 aliphatic rings. The summed E-state index contributed by atoms with van der Waals surface area (Å²) in [5.74, 6) is 6.12. The highest BCUT2D eigenvalue weighted by Crippen LogP contribution is 1.84. The second-order valence-electron chi connectivity index (χ2n) is 2.31. The van der Waals surface area contributed by atoms with Gasteiger partial charge >= 0.3 is 0 Å². The number of hydrogen-bond donors (Lipinski definition) is 0. The third-order valence-electron chi connectivity index (χ3n) is 1.57. The van der Waals surface area contributed by atoms with E-state index in [2.05, 4.69) is 37.2 Å². The maximum Gasteiger partial charge on any atom is 0.0601 e. The predicted molar refractivity (Wildman–Crippen MR) is 50.4 cm³/mol. The highest BCUT2D eigenvalue weighted by molar-refractivity contribution is 5.04. The lowest BCUT2D eigenvalue weighted by Crippen LogP contribution is -2.22. The van der Waals surface area contributed by atoms with Gasteiger partial charge in [0, 0.05) is 6.42 Å². The Morgan fingerprint density at radius 2 is 1.91 bits per heavy atom. The topological polar surface area (TPSA) is 3.24 Å². The van der Waals surface area contributed by atoms with Gasteiger partial charge in [-0.05, 0) is 13.1 Å². The van der Waals surface area contributed by atoms with Crippen LogP contribution in [0, 0.1) is 11.8 Å². The maximum absolute atomic E-state index is 3.60. The normalized spacial score (nSPS) is 9.00. The summed E-state index contributed by atoms with van der Waals surface area (Å²) in [6.07, 6.45) is 2.64. The smallest absolute Gasteiger partial charge is 0.0601 e. The van der Waals surface area contributed by atoms with E-state index in [1.54, 1.807) is 0 Å². The maximum atomic E-state index is 3.60. The standard InChI is InChI=1S/C10H17N/c1-4-7-8-9-10-11(5-2)6-3/h4H,1,5-7,10H2,2-3H3. The van der Waals surface area contributed by atoms with E-state index < -0.39 is 0 Å². The zero-order chi connectivity index (χ0) is 8.53. The summed E-state index contributed by atoms with van der Waals surface area (Å²) in [7, 11) is 0. The Morgan fingerprint density at radius 1 is 1.27 bits per heavy atom. The number of nitrogens with zero attached hydrogens (tertiary/aromatic N) is 1. The molecule has 0 radical (unpaired) electrons. The summed E-state index contributed by atoms with van der Waals surface area (Å²) >= 11 is 0. The molecule has 0 unspecified atom stereocenters. The Kier molecular flexibility index (Phi) is 6.87. The average molecular weight is 151 g/mol. The van der Waals surface area contributed by atoms with Gasteiger partial charge in [0.05, 0.1) is 6.54 Å². The lowest BCUT2D eigenvalue weighted by Gasteiger charge is -2.12. The largest absolute Gasteiger partial charge is 0.293 e. The molecule has 0 aliphatic carbocycles. The lowest BCUT2D eigenvalue weighted by atomic mass is 10.4. The summed E-state index contributed by atoms with van der Waals surface area (Å²) in [5.41, 5.74) is 0. The second-order valence-corrected chi connectivity index (χ2v) is 2.31. The SMILES string of the molecule is C=CCC#CCN(CC)CC. The molecule has 0 atom stereocenters. The molecule has 0 bridgehead atoms. The van der Waals surface area contributed by atoms with Gasteiger partial charge in [0.15, 0.2) is 0 Å². The highest BCUT2D eigenvalue weighted by atomic mass is 15.1. The molecule has 1 heteroatoms. The molecule has 11 heavy (non-hydrogen) atoms. The third kappa shape index (κ3) is 5.69. The van der Waals surface area contributed by atoms with Crippen molar-refractivity contribution in [2.75, 3.05) is 19.6 Å². The summed E-state index contributed by atoms with van der Waals surface area (Å²) < 4.78 is 0. The van der Waals surface area contributed by atoms with Crippen molar-refractivity contribution in [1.29, 1.82) is 0 Å². The van der Waals surface area contributed by atoms with Crippen LogP contribution >= 0.6 is 0 Å². The van der Waals surface area contributed by atoms with Gasteiger partial charge in [0.25, 0.3) is 0 Å². The van der Waals surface area contributed by atoms with Crippen LogP contribution in [0.2, 0.25) is 0 Å². The van der Waals surface area contributed by atoms with E-state index >= 15 is 0 Å². The molecule has 0 N–H and O–H groups in total. The molecule has 0 amide bonds. The second kappa shape index (κ2) is 7.37. The summed E-state index contributed by atoms with van der Waals surface area (Å²) in [5, 5.41) is 0. The van der Waals surface area contributed by atoms with Gasteiger partial charge in [-0.15, -0.1) is 6.58 Å². The fourth-order valence-corrected chi connectivity index (χ4v) is 0.759. The third-order valence-corrected chi connectivity index (χ3v) is 1.57. The van der Waals surface area contributed by atoms with Gasteiger partial charge in [-0.2, -0.15) is 0 Å². The van der Waals surface area contributed by atoms with Crippen LogP contribution in [0.5, 0.6) is 0 Å². The molecule has 0 rings (SSSR count). The monoisotopic (exact) mass is 151 g/mol. The predicted octanol–water partition coefficient (Wildman–Crippen LogP) is 1.91. The molecular weight excluding hydrogens is 134 g/mol. The van der Waals surface area contributed by atoms with Crippen LogP contribution in [0.3, 0.4) is 0 Å². The minimum Gasteiger partial charge on any atom is -0.293 e. The van der Waals surface area contributed by atoms with E-state index in [0.29, 0.717) is 0 Å². The van der Waals surface area contributed by atoms with Crippen LogP contribution in [0.25, 0.3) is 0 Å². The van der Waals surface area contributed by atoms with Crippen molar-refractivity contribution in [3.8, 4) is 11.8 Å². The van der Waals surface area contributed by atoms with Crippen LogP contribution in [0.1, 0.15) is 20.3 Å². The Labute approximate surface area is 70.1 Å². The van der Waals surface area contributed by atoms with E-state index in [4.69, 9.17) is 0 Å². The molecule has 0 heterocycles. The Bertz CT molecular complexity index is 146. The van der Waals surface area contributed by atoms with Gasteiger partial charge < -0.3 is 0 Å². The molecule has 0 aromatic rings. The van der Waals surface area contributed by atoms with Crippen molar-refractivity contribution in [2.45, 2.75) is 20.3 Å². The Hall–Kier alpha value is -0.740. The van der Waals surface area contributed by atoms with E-state index in [1.165, 1.54) is 0 Å². The number of hydrogen-bond acceptors (Lipinski definition) is 1. The summed E-state index contributed by atoms with van der Waals surface area (Å²) in [6, 6.07) is 0. The molecule has 0 saturated heterocycles. The van der Waals surface area contributed by atoms with Gasteiger partial charge in [0.1, 0.15) is 0 Å². The summed E-state index contributed by atoms with van der Waals surface area (Å²) in [6.45, 7) is 11.0. The van der Waals surface area contributed by atoms with Gasteiger partial charge in [0.2, 0.25) is 0 Å². The molecule has 1 nitrogen and oxygen atoms in total. The number of rotatable bonds is 4. The molecule has 62 valence electrons. The quantitative estimate of drug-likeness (QED) is 0.438. The van der Waals surface area contributed by atoms with Crippen LogP contribution in [-0.4, -0.2) is 24.5 Å². The molecular formula is C10H17N. The first-order valence-corrected chi connectivity index (χ1v) is 4.14. The number of allylic oxidation sites excluding steroid dienone is 1. The van der Waals surface area contributed by atoms with E-state index in [-0.39, 0.29) is 0 Å².